The molecule has 1 atom stereocenters. The van der Waals surface area contributed by atoms with Crippen LogP contribution in [0, 0.1) is 6.92 Å². The van der Waals surface area contributed by atoms with Crippen molar-refractivity contribution in [1.82, 2.24) is 10.2 Å². The Balaban J connectivity index is 0.00000264. The molecule has 5 nitrogen and oxygen atoms in total. The van der Waals surface area contributed by atoms with E-state index in [4.69, 9.17) is 4.99 Å². The van der Waals surface area contributed by atoms with Crippen LogP contribution in [0.3, 0.4) is 0 Å². The number of β-amino-alcohol motifs (C(OH)–C–C–N with tert-alkyl or cyclic N) is 1. The Morgan fingerprint density at radius 3 is 2.74 bits per heavy atom. The van der Waals surface area contributed by atoms with Crippen LogP contribution >= 0.6 is 24.0 Å². The van der Waals surface area contributed by atoms with E-state index in [1.54, 1.807) is 0 Å². The number of halogens is 1. The van der Waals surface area contributed by atoms with E-state index in [0.29, 0.717) is 13.1 Å². The highest BCUT2D eigenvalue weighted by Gasteiger charge is 2.22. The summed E-state index contributed by atoms with van der Waals surface area (Å²) in [6, 6.07) is 6.47. The van der Waals surface area contributed by atoms with Crippen LogP contribution in [0.4, 0.5) is 5.69 Å². The second kappa shape index (κ2) is 9.32. The molecule has 23 heavy (non-hydrogen) atoms. The minimum absolute atomic E-state index is 0. The minimum atomic E-state index is -0.236. The van der Waals surface area contributed by atoms with Gasteiger partial charge >= 0.3 is 0 Å². The number of aliphatic imine (C=N–C) groups is 1. The van der Waals surface area contributed by atoms with Gasteiger partial charge in [0.25, 0.3) is 0 Å². The number of hydrogen-bond donors (Lipinski definition) is 2. The highest BCUT2D eigenvalue weighted by Crippen LogP contribution is 2.21. The molecule has 0 saturated carbocycles. The third-order valence-corrected chi connectivity index (χ3v) is 3.92. The summed E-state index contributed by atoms with van der Waals surface area (Å²) in [6.07, 6.45) is 0.582. The standard InChI is InChI=1S/C17H28N4O.HI/c1-5-18-17(21-9-8-15(22)12-21)19-11-14-7-6-13(2)10-16(14)20(3)4;/h6-7,10,15,22H,5,8-9,11-12H2,1-4H3,(H,18,19);1H/t15-;/m1./s1. The monoisotopic (exact) mass is 432 g/mol. The van der Waals surface area contributed by atoms with Crippen molar-refractivity contribution in [3.8, 4) is 0 Å². The highest BCUT2D eigenvalue weighted by atomic mass is 127. The predicted molar refractivity (Wildman–Crippen MR) is 108 cm³/mol. The lowest BCUT2D eigenvalue weighted by atomic mass is 10.1. The normalized spacial score (nSPS) is 17.9. The third-order valence-electron chi connectivity index (χ3n) is 3.92. The molecule has 0 spiro atoms. The van der Waals surface area contributed by atoms with E-state index in [1.165, 1.54) is 16.8 Å². The molecule has 0 aromatic heterocycles. The van der Waals surface area contributed by atoms with Gasteiger partial charge in [0.1, 0.15) is 0 Å². The SMILES string of the molecule is CCNC(=NCc1ccc(C)cc1N(C)C)N1CC[C@@H](O)C1.I. The number of nitrogens with one attached hydrogen (secondary N) is 1. The molecular formula is C17H29IN4O. The minimum Gasteiger partial charge on any atom is -0.391 e. The van der Waals surface area contributed by atoms with Crippen LogP contribution in [0.5, 0.6) is 0 Å². The molecule has 0 amide bonds. The molecule has 130 valence electrons. The quantitative estimate of drug-likeness (QED) is 0.435. The van der Waals surface area contributed by atoms with Gasteiger partial charge in [-0.2, -0.15) is 0 Å². The molecule has 6 heteroatoms. The molecule has 1 aliphatic rings. The van der Waals surface area contributed by atoms with Crippen molar-refractivity contribution in [2.45, 2.75) is 32.9 Å². The smallest absolute Gasteiger partial charge is 0.194 e. The van der Waals surface area contributed by atoms with E-state index in [1.807, 2.05) is 0 Å². The molecule has 0 bridgehead atoms. The maximum atomic E-state index is 9.72. The Morgan fingerprint density at radius 1 is 1.43 bits per heavy atom. The van der Waals surface area contributed by atoms with Gasteiger partial charge in [-0.25, -0.2) is 4.99 Å². The van der Waals surface area contributed by atoms with Gasteiger partial charge in [0.05, 0.1) is 12.6 Å². The van der Waals surface area contributed by atoms with Crippen LogP contribution in [0.1, 0.15) is 24.5 Å². The van der Waals surface area contributed by atoms with Gasteiger partial charge in [0, 0.05) is 39.4 Å². The average molecular weight is 432 g/mol. The van der Waals surface area contributed by atoms with E-state index >= 15 is 0 Å². The van der Waals surface area contributed by atoms with Crippen molar-refractivity contribution < 1.29 is 5.11 Å². The maximum Gasteiger partial charge on any atom is 0.194 e. The first-order chi connectivity index (χ1) is 10.5. The van der Waals surface area contributed by atoms with Crippen LogP contribution in [0.2, 0.25) is 0 Å². The maximum absolute atomic E-state index is 9.72. The second-order valence-electron chi connectivity index (χ2n) is 6.09. The number of aliphatic hydroxyl groups excluding tert-OH is 1. The van der Waals surface area contributed by atoms with Crippen molar-refractivity contribution in [1.29, 1.82) is 0 Å². The number of rotatable bonds is 4. The molecule has 1 fully saturated rings. The molecule has 2 rings (SSSR count). The Morgan fingerprint density at radius 2 is 2.17 bits per heavy atom. The van der Waals surface area contributed by atoms with Gasteiger partial charge < -0.3 is 20.2 Å². The van der Waals surface area contributed by atoms with Gasteiger partial charge in [-0.15, -0.1) is 24.0 Å². The van der Waals surface area contributed by atoms with Crippen molar-refractivity contribution in [3.05, 3.63) is 29.3 Å². The summed E-state index contributed by atoms with van der Waals surface area (Å²) in [6.45, 7) is 7.18. The zero-order valence-corrected chi connectivity index (χ0v) is 16.9. The molecule has 0 aliphatic carbocycles. The van der Waals surface area contributed by atoms with Crippen LogP contribution in [0.25, 0.3) is 0 Å². The van der Waals surface area contributed by atoms with E-state index in [2.05, 4.69) is 61.3 Å². The first-order valence-electron chi connectivity index (χ1n) is 7.99. The zero-order chi connectivity index (χ0) is 16.1. The molecular weight excluding hydrogens is 403 g/mol. The summed E-state index contributed by atoms with van der Waals surface area (Å²) >= 11 is 0. The number of anilines is 1. The number of nitrogens with zero attached hydrogens (tertiary/aromatic N) is 3. The number of likely N-dealkylation sites (tertiary alicyclic amines) is 1. The van der Waals surface area contributed by atoms with E-state index in [9.17, 15) is 5.11 Å². The molecule has 1 aromatic carbocycles. The van der Waals surface area contributed by atoms with Gasteiger partial charge in [-0.1, -0.05) is 12.1 Å². The molecule has 1 aromatic rings. The average Bonchev–Trinajstić information content (AvgIpc) is 2.90. The Hall–Kier alpha value is -1.02. The number of aliphatic hydroxyl groups is 1. The number of hydrogen-bond acceptors (Lipinski definition) is 3. The summed E-state index contributed by atoms with van der Waals surface area (Å²) in [5.41, 5.74) is 3.68. The zero-order valence-electron chi connectivity index (χ0n) is 14.5. The molecule has 2 N–H and O–H groups in total. The van der Waals surface area contributed by atoms with Crippen LogP contribution in [-0.2, 0) is 6.54 Å². The topological polar surface area (TPSA) is 51.1 Å². The third kappa shape index (κ3) is 5.53. The lowest BCUT2D eigenvalue weighted by Crippen LogP contribution is -2.40. The number of guanidine groups is 1. The molecule has 0 unspecified atom stereocenters. The second-order valence-corrected chi connectivity index (χ2v) is 6.09. The van der Waals surface area contributed by atoms with E-state index in [0.717, 1.165) is 25.5 Å². The Bertz CT molecular complexity index is 533. The summed E-state index contributed by atoms with van der Waals surface area (Å²) in [4.78, 5) is 9.03. The highest BCUT2D eigenvalue weighted by molar-refractivity contribution is 14.0. The number of aryl methyl sites for hydroxylation is 1. The van der Waals surface area contributed by atoms with E-state index < -0.39 is 0 Å². The van der Waals surface area contributed by atoms with Gasteiger partial charge in [-0.05, 0) is 37.5 Å². The van der Waals surface area contributed by atoms with Crippen molar-refractivity contribution in [3.63, 3.8) is 0 Å². The fourth-order valence-electron chi connectivity index (χ4n) is 2.74. The van der Waals surface area contributed by atoms with Gasteiger partial charge in [0.15, 0.2) is 5.96 Å². The fraction of sp³-hybridized carbons (Fsp3) is 0.588. The van der Waals surface area contributed by atoms with Crippen molar-refractivity contribution >= 4 is 35.6 Å². The Labute approximate surface area is 156 Å². The van der Waals surface area contributed by atoms with E-state index in [-0.39, 0.29) is 30.1 Å². The summed E-state index contributed by atoms with van der Waals surface area (Å²) < 4.78 is 0. The van der Waals surface area contributed by atoms with Gasteiger partial charge in [0.2, 0.25) is 0 Å². The lowest BCUT2D eigenvalue weighted by Gasteiger charge is -2.22. The molecule has 1 aliphatic heterocycles. The largest absolute Gasteiger partial charge is 0.391 e. The number of benzene rings is 1. The molecule has 1 saturated heterocycles. The summed E-state index contributed by atoms with van der Waals surface area (Å²) in [5.74, 6) is 0.893. The van der Waals surface area contributed by atoms with Crippen molar-refractivity contribution in [2.24, 2.45) is 4.99 Å². The predicted octanol–water partition coefficient (Wildman–Crippen LogP) is 2.21. The summed E-state index contributed by atoms with van der Waals surface area (Å²) in [7, 11) is 4.12. The van der Waals surface area contributed by atoms with Crippen molar-refractivity contribution in [2.75, 3.05) is 38.6 Å². The first-order valence-corrected chi connectivity index (χ1v) is 7.99. The van der Waals surface area contributed by atoms with Crippen LogP contribution in [0.15, 0.2) is 23.2 Å². The Kier molecular flexibility index (Phi) is 8.11. The lowest BCUT2D eigenvalue weighted by molar-refractivity contribution is 0.188. The summed E-state index contributed by atoms with van der Waals surface area (Å²) in [5, 5.41) is 13.0. The molecule has 1 heterocycles. The molecule has 0 radical (unpaired) electrons. The first kappa shape index (κ1) is 20.0. The fourth-order valence-corrected chi connectivity index (χ4v) is 2.74. The van der Waals surface area contributed by atoms with Crippen LogP contribution in [-0.4, -0.2) is 55.8 Å². The van der Waals surface area contributed by atoms with Crippen LogP contribution < -0.4 is 10.2 Å². The van der Waals surface area contributed by atoms with Gasteiger partial charge in [-0.3, -0.25) is 0 Å².